The molecule has 3 nitrogen and oxygen atoms in total. The number of carbonyl (C=O) groups excluding carboxylic acids is 1. The largest absolute Gasteiger partial charge is 0.349 e. The molecule has 112 valence electrons. The zero-order chi connectivity index (χ0) is 15.0. The number of halogens is 1. The van der Waals surface area contributed by atoms with E-state index in [1.165, 1.54) is 0 Å². The van der Waals surface area contributed by atoms with Gasteiger partial charge in [-0.25, -0.2) is 0 Å². The van der Waals surface area contributed by atoms with Crippen molar-refractivity contribution in [1.82, 2.24) is 5.32 Å². The fourth-order valence-electron chi connectivity index (χ4n) is 2.19. The molecule has 0 aliphatic carbocycles. The molecule has 3 N–H and O–H groups in total. The monoisotopic (exact) mass is 296 g/mol. The number of amides is 1. The molecule has 2 unspecified atom stereocenters. The van der Waals surface area contributed by atoms with E-state index in [-0.39, 0.29) is 11.9 Å². The number of benzene rings is 1. The fraction of sp³-hybridized carbons (Fsp3) is 0.562. The van der Waals surface area contributed by atoms with Crippen LogP contribution < -0.4 is 11.1 Å². The Bertz CT molecular complexity index is 405. The predicted molar refractivity (Wildman–Crippen MR) is 84.7 cm³/mol. The van der Waals surface area contributed by atoms with Gasteiger partial charge in [0.05, 0.1) is 6.04 Å². The van der Waals surface area contributed by atoms with Gasteiger partial charge in [0, 0.05) is 11.4 Å². The molecule has 0 fully saturated rings. The molecular formula is C16H25ClN2O. The average Bonchev–Trinajstić information content (AvgIpc) is 2.44. The molecule has 0 saturated carbocycles. The number of hydrogen-bond donors (Lipinski definition) is 2. The Labute approximate surface area is 126 Å². The molecule has 0 bridgehead atoms. The lowest BCUT2D eigenvalue weighted by molar-refractivity contribution is -0.122. The highest BCUT2D eigenvalue weighted by Gasteiger charge is 2.13. The first-order valence-electron chi connectivity index (χ1n) is 7.31. The molecule has 0 saturated heterocycles. The number of rotatable bonds is 8. The van der Waals surface area contributed by atoms with Gasteiger partial charge in [0.25, 0.3) is 0 Å². The van der Waals surface area contributed by atoms with Crippen LogP contribution in [0.1, 0.15) is 51.1 Å². The molecule has 0 aliphatic heterocycles. The minimum atomic E-state index is 0.0598. The van der Waals surface area contributed by atoms with Crippen LogP contribution in [0.15, 0.2) is 24.3 Å². The first-order valence-corrected chi connectivity index (χ1v) is 7.69. The van der Waals surface area contributed by atoms with Gasteiger partial charge in [-0.1, -0.05) is 37.6 Å². The Balaban J connectivity index is 2.47. The third kappa shape index (κ3) is 5.93. The van der Waals surface area contributed by atoms with Crippen LogP contribution in [0.5, 0.6) is 0 Å². The van der Waals surface area contributed by atoms with Gasteiger partial charge in [-0.3, -0.25) is 4.79 Å². The van der Waals surface area contributed by atoms with Crippen molar-refractivity contribution >= 4 is 17.5 Å². The minimum Gasteiger partial charge on any atom is -0.349 e. The Hall–Kier alpha value is -1.06. The van der Waals surface area contributed by atoms with Gasteiger partial charge in [-0.15, -0.1) is 0 Å². The van der Waals surface area contributed by atoms with Gasteiger partial charge >= 0.3 is 0 Å². The van der Waals surface area contributed by atoms with E-state index in [1.807, 2.05) is 24.3 Å². The van der Waals surface area contributed by atoms with Gasteiger partial charge in [0.1, 0.15) is 0 Å². The maximum atomic E-state index is 12.0. The van der Waals surface area contributed by atoms with Crippen LogP contribution in [-0.4, -0.2) is 12.5 Å². The molecule has 1 rings (SSSR count). The van der Waals surface area contributed by atoms with Crippen molar-refractivity contribution < 1.29 is 4.79 Å². The van der Waals surface area contributed by atoms with E-state index >= 15 is 0 Å². The SMILES string of the molecule is CCC(NC(=O)CCC(C)CCN)c1ccc(Cl)cc1. The number of hydrogen-bond acceptors (Lipinski definition) is 2. The number of carbonyl (C=O) groups is 1. The number of nitrogens with two attached hydrogens (primary N) is 1. The predicted octanol–water partition coefficient (Wildman–Crippen LogP) is 3.67. The second kappa shape index (κ2) is 8.98. The zero-order valence-corrected chi connectivity index (χ0v) is 13.1. The fourth-order valence-corrected chi connectivity index (χ4v) is 2.32. The smallest absolute Gasteiger partial charge is 0.220 e. The van der Waals surface area contributed by atoms with Crippen LogP contribution in [0.3, 0.4) is 0 Å². The van der Waals surface area contributed by atoms with E-state index in [2.05, 4.69) is 19.2 Å². The number of nitrogens with one attached hydrogen (secondary N) is 1. The molecule has 2 atom stereocenters. The van der Waals surface area contributed by atoms with Crippen LogP contribution in [-0.2, 0) is 4.79 Å². The van der Waals surface area contributed by atoms with Gasteiger partial charge < -0.3 is 11.1 Å². The maximum Gasteiger partial charge on any atom is 0.220 e. The molecule has 0 spiro atoms. The molecular weight excluding hydrogens is 272 g/mol. The van der Waals surface area contributed by atoms with Crippen molar-refractivity contribution in [2.24, 2.45) is 11.7 Å². The van der Waals surface area contributed by atoms with Crippen molar-refractivity contribution in [1.29, 1.82) is 0 Å². The normalized spacial score (nSPS) is 13.8. The highest BCUT2D eigenvalue weighted by molar-refractivity contribution is 6.30. The summed E-state index contributed by atoms with van der Waals surface area (Å²) < 4.78 is 0. The van der Waals surface area contributed by atoms with Crippen LogP contribution in [0, 0.1) is 5.92 Å². The van der Waals surface area contributed by atoms with E-state index < -0.39 is 0 Å². The van der Waals surface area contributed by atoms with Crippen LogP contribution in [0.2, 0.25) is 5.02 Å². The minimum absolute atomic E-state index is 0.0598. The average molecular weight is 297 g/mol. The summed E-state index contributed by atoms with van der Waals surface area (Å²) in [5.41, 5.74) is 6.61. The molecule has 1 aromatic carbocycles. The van der Waals surface area contributed by atoms with Crippen LogP contribution >= 0.6 is 11.6 Å². The lowest BCUT2D eigenvalue weighted by Crippen LogP contribution is -2.28. The second-order valence-corrected chi connectivity index (χ2v) is 5.74. The molecule has 4 heteroatoms. The van der Waals surface area contributed by atoms with Gasteiger partial charge in [0.2, 0.25) is 5.91 Å². The Morgan fingerprint density at radius 2 is 1.95 bits per heavy atom. The quantitative estimate of drug-likeness (QED) is 0.769. The third-order valence-electron chi connectivity index (χ3n) is 3.54. The van der Waals surface area contributed by atoms with Gasteiger partial charge in [-0.05, 0) is 49.4 Å². The van der Waals surface area contributed by atoms with Crippen molar-refractivity contribution in [3.05, 3.63) is 34.9 Å². The van der Waals surface area contributed by atoms with E-state index in [0.29, 0.717) is 23.9 Å². The molecule has 20 heavy (non-hydrogen) atoms. The summed E-state index contributed by atoms with van der Waals surface area (Å²) in [6.07, 6.45) is 3.29. The van der Waals surface area contributed by atoms with Crippen LogP contribution in [0.4, 0.5) is 0 Å². The summed E-state index contributed by atoms with van der Waals surface area (Å²) in [7, 11) is 0. The maximum absolute atomic E-state index is 12.0. The molecule has 0 radical (unpaired) electrons. The summed E-state index contributed by atoms with van der Waals surface area (Å²) in [6, 6.07) is 7.70. The van der Waals surface area contributed by atoms with Crippen molar-refractivity contribution in [2.75, 3.05) is 6.54 Å². The van der Waals surface area contributed by atoms with Gasteiger partial charge in [0.15, 0.2) is 0 Å². The molecule has 1 aromatic rings. The first kappa shape index (κ1) is 17.0. The molecule has 0 aliphatic rings. The first-order chi connectivity index (χ1) is 9.56. The second-order valence-electron chi connectivity index (χ2n) is 5.30. The third-order valence-corrected chi connectivity index (χ3v) is 3.79. The van der Waals surface area contributed by atoms with Crippen LogP contribution in [0.25, 0.3) is 0 Å². The van der Waals surface area contributed by atoms with Gasteiger partial charge in [-0.2, -0.15) is 0 Å². The lowest BCUT2D eigenvalue weighted by atomic mass is 10.0. The Morgan fingerprint density at radius 1 is 1.30 bits per heavy atom. The van der Waals surface area contributed by atoms with E-state index in [0.717, 1.165) is 24.8 Å². The molecule has 0 heterocycles. The van der Waals surface area contributed by atoms with Crippen molar-refractivity contribution in [3.63, 3.8) is 0 Å². The Kier molecular flexibility index (Phi) is 7.63. The van der Waals surface area contributed by atoms with E-state index in [4.69, 9.17) is 17.3 Å². The summed E-state index contributed by atoms with van der Waals surface area (Å²) in [5.74, 6) is 0.608. The summed E-state index contributed by atoms with van der Waals surface area (Å²) >= 11 is 5.88. The van der Waals surface area contributed by atoms with E-state index in [1.54, 1.807) is 0 Å². The molecule has 1 amide bonds. The van der Waals surface area contributed by atoms with E-state index in [9.17, 15) is 4.79 Å². The van der Waals surface area contributed by atoms with Crippen molar-refractivity contribution in [3.8, 4) is 0 Å². The summed E-state index contributed by atoms with van der Waals surface area (Å²) in [6.45, 7) is 4.89. The zero-order valence-electron chi connectivity index (χ0n) is 12.4. The standard InChI is InChI=1S/C16H25ClN2O/c1-3-15(13-5-7-14(17)8-6-13)19-16(20)9-4-12(2)10-11-18/h5-8,12,15H,3-4,9-11,18H2,1-2H3,(H,19,20). The highest BCUT2D eigenvalue weighted by Crippen LogP contribution is 2.19. The summed E-state index contributed by atoms with van der Waals surface area (Å²) in [5, 5.41) is 3.80. The highest BCUT2D eigenvalue weighted by atomic mass is 35.5. The summed E-state index contributed by atoms with van der Waals surface area (Å²) in [4.78, 5) is 12.0. The topological polar surface area (TPSA) is 55.1 Å². The molecule has 0 aromatic heterocycles. The Morgan fingerprint density at radius 3 is 2.50 bits per heavy atom. The van der Waals surface area contributed by atoms with Crippen molar-refractivity contribution in [2.45, 2.75) is 45.6 Å². The lowest BCUT2D eigenvalue weighted by Gasteiger charge is -2.18.